The van der Waals surface area contributed by atoms with Crippen molar-refractivity contribution in [1.29, 1.82) is 0 Å². The maximum Gasteiger partial charge on any atom is 0.330 e. The summed E-state index contributed by atoms with van der Waals surface area (Å²) in [6, 6.07) is 6.05. The van der Waals surface area contributed by atoms with Crippen molar-refractivity contribution >= 4 is 49.4 Å². The largest absolute Gasteiger partial charge is 0.330 e. The number of rotatable bonds is 8. The van der Waals surface area contributed by atoms with E-state index in [1.54, 1.807) is 17.6 Å². The van der Waals surface area contributed by atoms with Crippen LogP contribution >= 0.6 is 11.3 Å². The molecule has 192 valence electrons. The Morgan fingerprint density at radius 2 is 1.83 bits per heavy atom. The lowest BCUT2D eigenvalue weighted by molar-refractivity contribution is -0.120. The first kappa shape index (κ1) is 25.9. The molecule has 9 nitrogen and oxygen atoms in total. The van der Waals surface area contributed by atoms with Gasteiger partial charge in [-0.1, -0.05) is 0 Å². The number of likely N-dealkylation sites (N-methyl/N-ethyl adjacent to an activating group) is 1. The van der Waals surface area contributed by atoms with E-state index in [1.807, 2.05) is 10.8 Å². The molecular formula is C23H25F2N5O4S2. The van der Waals surface area contributed by atoms with Gasteiger partial charge in [-0.05, 0) is 61.6 Å². The van der Waals surface area contributed by atoms with Crippen LogP contribution in [0.5, 0.6) is 0 Å². The van der Waals surface area contributed by atoms with Crippen LogP contribution in [0, 0.1) is 11.6 Å². The molecule has 0 saturated carbocycles. The Morgan fingerprint density at radius 3 is 2.53 bits per heavy atom. The zero-order chi connectivity index (χ0) is 25.9. The number of aromatic nitrogens is 1. The quantitative estimate of drug-likeness (QED) is 0.459. The smallest absolute Gasteiger partial charge is 0.325 e. The number of nitrogens with one attached hydrogen (secondary N) is 2. The predicted molar refractivity (Wildman–Crippen MR) is 133 cm³/mol. The van der Waals surface area contributed by atoms with Gasteiger partial charge in [0.25, 0.3) is 0 Å². The first-order valence-corrected chi connectivity index (χ1v) is 13.6. The number of hydrogen-bond donors (Lipinski definition) is 2. The summed E-state index contributed by atoms with van der Waals surface area (Å²) in [7, 11) is -2.54. The number of benzene rings is 2. The van der Waals surface area contributed by atoms with Crippen molar-refractivity contribution in [2.45, 2.75) is 31.7 Å². The number of nitrogens with zero attached hydrogens (tertiary/aromatic N) is 3. The Balaban J connectivity index is 1.52. The summed E-state index contributed by atoms with van der Waals surface area (Å²) < 4.78 is 56.3. The van der Waals surface area contributed by atoms with Crippen LogP contribution < -0.4 is 14.9 Å². The van der Waals surface area contributed by atoms with Crippen molar-refractivity contribution in [3.63, 3.8) is 0 Å². The average Bonchev–Trinajstić information content (AvgIpc) is 3.52. The minimum absolute atomic E-state index is 0.0256. The highest BCUT2D eigenvalue weighted by Gasteiger charge is 2.30. The third-order valence-electron chi connectivity index (χ3n) is 5.91. The molecule has 1 aliphatic heterocycles. The molecule has 3 amide bonds. The van der Waals surface area contributed by atoms with Crippen LogP contribution in [-0.4, -0.2) is 55.8 Å². The van der Waals surface area contributed by atoms with Gasteiger partial charge in [-0.3, -0.25) is 4.79 Å². The van der Waals surface area contributed by atoms with E-state index in [0.717, 1.165) is 27.2 Å². The zero-order valence-electron chi connectivity index (χ0n) is 19.4. The maximum absolute atomic E-state index is 13.6. The number of anilines is 1. The second-order valence-electron chi connectivity index (χ2n) is 8.46. The first-order valence-electron chi connectivity index (χ1n) is 11.3. The Hall–Kier alpha value is -3.16. The molecule has 0 bridgehead atoms. The van der Waals surface area contributed by atoms with Gasteiger partial charge >= 0.3 is 16.2 Å². The van der Waals surface area contributed by atoms with Crippen LogP contribution in [0.15, 0.2) is 41.9 Å². The van der Waals surface area contributed by atoms with E-state index >= 15 is 0 Å². The molecule has 2 heterocycles. The van der Waals surface area contributed by atoms with E-state index in [9.17, 15) is 26.8 Å². The van der Waals surface area contributed by atoms with E-state index in [1.165, 1.54) is 23.3 Å². The molecule has 0 aliphatic carbocycles. The van der Waals surface area contributed by atoms with Crippen molar-refractivity contribution in [3.8, 4) is 0 Å². The fraction of sp³-hybridized carbons (Fsp3) is 0.348. The first-order chi connectivity index (χ1) is 17.1. The van der Waals surface area contributed by atoms with E-state index in [2.05, 4.69) is 10.3 Å². The monoisotopic (exact) mass is 537 g/mol. The number of carbonyl (C=O) groups excluding carboxylic acids is 2. The summed E-state index contributed by atoms with van der Waals surface area (Å²) >= 11 is 1.45. The van der Waals surface area contributed by atoms with Crippen LogP contribution in [0.2, 0.25) is 0 Å². The minimum Gasteiger partial charge on any atom is -0.325 e. The van der Waals surface area contributed by atoms with Crippen molar-refractivity contribution < 1.29 is 26.8 Å². The van der Waals surface area contributed by atoms with E-state index < -0.39 is 39.8 Å². The highest BCUT2D eigenvalue weighted by molar-refractivity contribution is 7.87. The summed E-state index contributed by atoms with van der Waals surface area (Å²) in [6.07, 6.45) is 1.43. The van der Waals surface area contributed by atoms with Gasteiger partial charge in [-0.15, -0.1) is 11.3 Å². The molecule has 0 radical (unpaired) electrons. The number of halogens is 2. The highest BCUT2D eigenvalue weighted by Crippen LogP contribution is 2.24. The van der Waals surface area contributed by atoms with Gasteiger partial charge in [0.1, 0.15) is 17.7 Å². The molecule has 0 spiro atoms. The molecule has 1 atom stereocenters. The summed E-state index contributed by atoms with van der Waals surface area (Å²) in [5.74, 6) is -2.05. The molecule has 1 aliphatic rings. The summed E-state index contributed by atoms with van der Waals surface area (Å²) in [6.45, 7) is 0.607. The lowest BCUT2D eigenvalue weighted by atomic mass is 10.0. The molecule has 1 aromatic heterocycles. The number of fused-ring (bicyclic) bond motifs is 1. The topological polar surface area (TPSA) is 112 Å². The Bertz CT molecular complexity index is 1360. The van der Waals surface area contributed by atoms with Crippen LogP contribution in [0.1, 0.15) is 24.8 Å². The van der Waals surface area contributed by atoms with E-state index in [4.69, 9.17) is 0 Å². The van der Waals surface area contributed by atoms with E-state index in [0.29, 0.717) is 42.7 Å². The van der Waals surface area contributed by atoms with Gasteiger partial charge in [0.05, 0.1) is 15.7 Å². The SMILES string of the molecule is CN(C(=O)[C@H](CCc1cc(F)cc(F)c1)NC(=O)NS(=O)(=O)N1CCCC1)c1ccc2scnc2c1. The minimum atomic E-state index is -4.06. The standard InChI is InChI=1S/C23H25F2N5O4S2/c1-29(18-5-7-21-20(13-18)26-14-35-21)22(31)19(6-4-15-10-16(24)12-17(25)11-15)27-23(32)28-36(33,34)30-8-2-3-9-30/h5,7,10-14,19H,2-4,6,8-9H2,1H3,(H2,27,28,32)/t19-/m0/s1. The van der Waals surface area contributed by atoms with Crippen LogP contribution in [0.4, 0.5) is 19.3 Å². The molecule has 1 fully saturated rings. The highest BCUT2D eigenvalue weighted by atomic mass is 32.2. The van der Waals surface area contributed by atoms with Gasteiger partial charge in [0, 0.05) is 31.9 Å². The van der Waals surface area contributed by atoms with Gasteiger partial charge in [0.15, 0.2) is 0 Å². The van der Waals surface area contributed by atoms with Gasteiger partial charge in [-0.2, -0.15) is 12.7 Å². The summed E-state index contributed by atoms with van der Waals surface area (Å²) in [5.41, 5.74) is 3.20. The number of amides is 3. The van der Waals surface area contributed by atoms with Crippen molar-refractivity contribution in [2.24, 2.45) is 0 Å². The van der Waals surface area contributed by atoms with E-state index in [-0.39, 0.29) is 12.8 Å². The molecule has 1 saturated heterocycles. The summed E-state index contributed by atoms with van der Waals surface area (Å²) in [5, 5.41) is 2.43. The molecule has 3 aromatic rings. The fourth-order valence-electron chi connectivity index (χ4n) is 4.04. The predicted octanol–water partition coefficient (Wildman–Crippen LogP) is 3.18. The van der Waals surface area contributed by atoms with Gasteiger partial charge in [-0.25, -0.2) is 23.3 Å². The van der Waals surface area contributed by atoms with Gasteiger partial charge in [0.2, 0.25) is 5.91 Å². The lowest BCUT2D eigenvalue weighted by Crippen LogP contribution is -2.53. The molecule has 4 rings (SSSR count). The second-order valence-corrected chi connectivity index (χ2v) is 11.0. The van der Waals surface area contributed by atoms with Gasteiger partial charge < -0.3 is 10.2 Å². The molecule has 2 N–H and O–H groups in total. The third-order valence-corrected chi connectivity index (χ3v) is 8.20. The molecule has 2 aromatic carbocycles. The number of hydrogen-bond acceptors (Lipinski definition) is 6. The molecular weight excluding hydrogens is 512 g/mol. The maximum atomic E-state index is 13.6. The Kier molecular flexibility index (Phi) is 7.81. The normalized spacial score (nSPS) is 15.1. The van der Waals surface area contributed by atoms with Crippen LogP contribution in [0.3, 0.4) is 0 Å². The lowest BCUT2D eigenvalue weighted by Gasteiger charge is -2.25. The number of aryl methyl sites for hydroxylation is 1. The number of urea groups is 1. The molecule has 13 heteroatoms. The van der Waals surface area contributed by atoms with Crippen LogP contribution in [0.25, 0.3) is 10.2 Å². The molecule has 36 heavy (non-hydrogen) atoms. The second kappa shape index (κ2) is 10.8. The van der Waals surface area contributed by atoms with Crippen molar-refractivity contribution in [1.82, 2.24) is 19.3 Å². The Morgan fingerprint density at radius 1 is 1.14 bits per heavy atom. The number of carbonyl (C=O) groups is 2. The molecule has 0 unspecified atom stereocenters. The fourth-order valence-corrected chi connectivity index (χ4v) is 5.86. The van der Waals surface area contributed by atoms with Crippen LogP contribution in [-0.2, 0) is 21.4 Å². The zero-order valence-corrected chi connectivity index (χ0v) is 21.0. The van der Waals surface area contributed by atoms with Crippen molar-refractivity contribution in [3.05, 3.63) is 59.1 Å². The Labute approximate surface area is 211 Å². The summed E-state index contributed by atoms with van der Waals surface area (Å²) in [4.78, 5) is 31.6. The van der Waals surface area contributed by atoms with Crippen molar-refractivity contribution in [2.75, 3.05) is 25.0 Å². The third kappa shape index (κ3) is 6.15. The average molecular weight is 538 g/mol. The number of thiazole rings is 1.